The van der Waals surface area contributed by atoms with E-state index < -0.39 is 0 Å². The molecule has 0 bridgehead atoms. The third-order valence-electron chi connectivity index (χ3n) is 3.56. The van der Waals surface area contributed by atoms with E-state index >= 15 is 0 Å². The van der Waals surface area contributed by atoms with Gasteiger partial charge < -0.3 is 10.1 Å². The Labute approximate surface area is 129 Å². The Morgan fingerprint density at radius 2 is 1.76 bits per heavy atom. The highest BCUT2D eigenvalue weighted by atomic mass is 35.5. The molecule has 0 amide bonds. The zero-order chi connectivity index (χ0) is 15.2. The number of halogens is 2. The van der Waals surface area contributed by atoms with Gasteiger partial charge in [-0.25, -0.2) is 4.39 Å². The molecule has 0 radical (unpaired) electrons. The molecule has 1 unspecified atom stereocenters. The second kappa shape index (κ2) is 7.43. The Morgan fingerprint density at radius 3 is 2.48 bits per heavy atom. The smallest absolute Gasteiger partial charge is 0.142 e. The number of ether oxygens (including phenoxy) is 1. The normalized spacial score (nSPS) is 12.2. The summed E-state index contributed by atoms with van der Waals surface area (Å²) in [6.45, 7) is 0. The summed E-state index contributed by atoms with van der Waals surface area (Å²) in [4.78, 5) is 0. The van der Waals surface area contributed by atoms with Gasteiger partial charge in [0.15, 0.2) is 0 Å². The van der Waals surface area contributed by atoms with Crippen LogP contribution in [0.5, 0.6) is 5.75 Å². The first-order valence-electron chi connectivity index (χ1n) is 6.87. The van der Waals surface area contributed by atoms with Crippen LogP contribution in [0.15, 0.2) is 42.5 Å². The standard InChI is InChI=1S/C17H19ClFNO/c1-20-14(10-12-6-3-4-9-16(12)21-2)11-13-7-5-8-15(19)17(13)18/h3-9,14,20H,10-11H2,1-2H3. The molecule has 0 heterocycles. The van der Waals surface area contributed by atoms with Crippen molar-refractivity contribution in [1.29, 1.82) is 0 Å². The van der Waals surface area contributed by atoms with Gasteiger partial charge >= 0.3 is 0 Å². The van der Waals surface area contributed by atoms with Crippen LogP contribution in [-0.4, -0.2) is 20.2 Å². The predicted octanol–water partition coefficient (Wildman–Crippen LogP) is 3.86. The average molecular weight is 308 g/mol. The van der Waals surface area contributed by atoms with Crippen LogP contribution < -0.4 is 10.1 Å². The van der Waals surface area contributed by atoms with Crippen molar-refractivity contribution in [3.63, 3.8) is 0 Å². The number of methoxy groups -OCH3 is 1. The van der Waals surface area contributed by atoms with E-state index in [1.807, 2.05) is 37.4 Å². The topological polar surface area (TPSA) is 21.3 Å². The Hall–Kier alpha value is -1.58. The third-order valence-corrected chi connectivity index (χ3v) is 3.99. The van der Waals surface area contributed by atoms with Gasteiger partial charge in [-0.3, -0.25) is 0 Å². The van der Waals surface area contributed by atoms with Crippen molar-refractivity contribution in [2.45, 2.75) is 18.9 Å². The lowest BCUT2D eigenvalue weighted by atomic mass is 9.98. The number of hydrogen-bond donors (Lipinski definition) is 1. The fourth-order valence-corrected chi connectivity index (χ4v) is 2.59. The quantitative estimate of drug-likeness (QED) is 0.875. The number of likely N-dealkylation sites (N-methyl/N-ethyl adjacent to an activating group) is 1. The van der Waals surface area contributed by atoms with Gasteiger partial charge in [0.2, 0.25) is 0 Å². The van der Waals surface area contributed by atoms with E-state index in [0.717, 1.165) is 23.3 Å². The summed E-state index contributed by atoms with van der Waals surface area (Å²) in [5.41, 5.74) is 1.93. The maximum absolute atomic E-state index is 13.5. The molecule has 112 valence electrons. The number of nitrogens with one attached hydrogen (secondary N) is 1. The van der Waals surface area contributed by atoms with Crippen molar-refractivity contribution in [2.24, 2.45) is 0 Å². The first kappa shape index (κ1) is 15.8. The third kappa shape index (κ3) is 3.96. The van der Waals surface area contributed by atoms with Gasteiger partial charge in [0.1, 0.15) is 11.6 Å². The molecule has 2 aromatic carbocycles. The lowest BCUT2D eigenvalue weighted by Crippen LogP contribution is -2.30. The van der Waals surface area contributed by atoms with E-state index in [-0.39, 0.29) is 16.9 Å². The first-order valence-corrected chi connectivity index (χ1v) is 7.25. The summed E-state index contributed by atoms with van der Waals surface area (Å²) in [6, 6.07) is 13.0. The fraction of sp³-hybridized carbons (Fsp3) is 0.294. The van der Waals surface area contributed by atoms with Crippen molar-refractivity contribution in [3.8, 4) is 5.75 Å². The SMILES string of the molecule is CNC(Cc1ccccc1OC)Cc1cccc(F)c1Cl. The second-order valence-electron chi connectivity index (χ2n) is 4.92. The minimum Gasteiger partial charge on any atom is -0.496 e. The van der Waals surface area contributed by atoms with Gasteiger partial charge in [0, 0.05) is 6.04 Å². The minimum atomic E-state index is -0.374. The van der Waals surface area contributed by atoms with E-state index in [0.29, 0.717) is 6.42 Å². The summed E-state index contributed by atoms with van der Waals surface area (Å²) in [7, 11) is 3.56. The monoisotopic (exact) mass is 307 g/mol. The molecule has 0 aliphatic rings. The Morgan fingerprint density at radius 1 is 1.10 bits per heavy atom. The zero-order valence-corrected chi connectivity index (χ0v) is 13.0. The largest absolute Gasteiger partial charge is 0.496 e. The number of rotatable bonds is 6. The summed E-state index contributed by atoms with van der Waals surface area (Å²) in [5, 5.41) is 3.47. The number of hydrogen-bond acceptors (Lipinski definition) is 2. The van der Waals surface area contributed by atoms with E-state index in [4.69, 9.17) is 16.3 Å². The van der Waals surface area contributed by atoms with Gasteiger partial charge in [0.05, 0.1) is 12.1 Å². The minimum absolute atomic E-state index is 0.153. The molecule has 2 nitrogen and oxygen atoms in total. The van der Waals surface area contributed by atoms with Gasteiger partial charge in [-0.15, -0.1) is 0 Å². The summed E-state index contributed by atoms with van der Waals surface area (Å²) >= 11 is 6.03. The fourth-order valence-electron chi connectivity index (χ4n) is 2.38. The molecule has 2 rings (SSSR count). The first-order chi connectivity index (χ1) is 10.2. The van der Waals surface area contributed by atoms with E-state index in [1.54, 1.807) is 13.2 Å². The number of para-hydroxylation sites is 1. The van der Waals surface area contributed by atoms with E-state index in [1.165, 1.54) is 6.07 Å². The maximum Gasteiger partial charge on any atom is 0.142 e. The van der Waals surface area contributed by atoms with Crippen molar-refractivity contribution >= 4 is 11.6 Å². The van der Waals surface area contributed by atoms with Crippen LogP contribution in [0, 0.1) is 5.82 Å². The van der Waals surface area contributed by atoms with Crippen molar-refractivity contribution < 1.29 is 9.13 Å². The van der Waals surface area contributed by atoms with Crippen LogP contribution in [-0.2, 0) is 12.8 Å². The van der Waals surface area contributed by atoms with Gasteiger partial charge in [-0.2, -0.15) is 0 Å². The molecule has 4 heteroatoms. The summed E-state index contributed by atoms with van der Waals surface area (Å²) < 4.78 is 18.9. The Bertz CT molecular complexity index is 603. The number of benzene rings is 2. The lowest BCUT2D eigenvalue weighted by Gasteiger charge is -2.18. The van der Waals surface area contributed by atoms with Crippen molar-refractivity contribution in [1.82, 2.24) is 5.32 Å². The Balaban J connectivity index is 2.15. The van der Waals surface area contributed by atoms with E-state index in [2.05, 4.69) is 5.32 Å². The molecule has 1 N–H and O–H groups in total. The molecular formula is C17H19ClFNO. The maximum atomic E-state index is 13.5. The van der Waals surface area contributed by atoms with Crippen molar-refractivity contribution in [2.75, 3.05) is 14.2 Å². The van der Waals surface area contributed by atoms with Crippen LogP contribution >= 0.6 is 11.6 Å². The molecule has 1 atom stereocenters. The molecule has 0 spiro atoms. The highest BCUT2D eigenvalue weighted by Gasteiger charge is 2.14. The molecule has 0 saturated carbocycles. The molecule has 0 saturated heterocycles. The highest BCUT2D eigenvalue weighted by Crippen LogP contribution is 2.24. The molecule has 0 aliphatic heterocycles. The van der Waals surface area contributed by atoms with Crippen LogP contribution in [0.4, 0.5) is 4.39 Å². The molecule has 2 aromatic rings. The summed E-state index contributed by atoms with van der Waals surface area (Å²) in [5.74, 6) is 0.490. The molecule has 0 aromatic heterocycles. The second-order valence-corrected chi connectivity index (χ2v) is 5.30. The molecular weight excluding hydrogens is 289 g/mol. The van der Waals surface area contributed by atoms with Gasteiger partial charge in [-0.1, -0.05) is 41.9 Å². The molecule has 0 fully saturated rings. The van der Waals surface area contributed by atoms with Crippen LogP contribution in [0.1, 0.15) is 11.1 Å². The van der Waals surface area contributed by atoms with Crippen LogP contribution in [0.3, 0.4) is 0 Å². The lowest BCUT2D eigenvalue weighted by molar-refractivity contribution is 0.406. The Kier molecular flexibility index (Phi) is 5.59. The van der Waals surface area contributed by atoms with Crippen LogP contribution in [0.25, 0.3) is 0 Å². The molecule has 21 heavy (non-hydrogen) atoms. The van der Waals surface area contributed by atoms with E-state index in [9.17, 15) is 4.39 Å². The average Bonchev–Trinajstić information content (AvgIpc) is 2.51. The predicted molar refractivity (Wildman–Crippen MR) is 84.7 cm³/mol. The van der Waals surface area contributed by atoms with Crippen molar-refractivity contribution in [3.05, 3.63) is 64.4 Å². The zero-order valence-electron chi connectivity index (χ0n) is 12.2. The van der Waals surface area contributed by atoms with Gasteiger partial charge in [0.25, 0.3) is 0 Å². The van der Waals surface area contributed by atoms with Gasteiger partial charge in [-0.05, 0) is 43.1 Å². The van der Waals surface area contributed by atoms with Crippen LogP contribution in [0.2, 0.25) is 5.02 Å². The molecule has 0 aliphatic carbocycles. The summed E-state index contributed by atoms with van der Waals surface area (Å²) in [6.07, 6.45) is 1.44. The highest BCUT2D eigenvalue weighted by molar-refractivity contribution is 6.31.